The predicted molar refractivity (Wildman–Crippen MR) is 188 cm³/mol. The molecule has 256 valence electrons. The minimum atomic E-state index is -2.03. The molecule has 6 aromatic rings. The highest BCUT2D eigenvalue weighted by Crippen LogP contribution is 2.28. The number of carbonyl (C=O) groups excluding carboxylic acids is 1. The van der Waals surface area contributed by atoms with Gasteiger partial charge in [0.05, 0.1) is 16.0 Å². The summed E-state index contributed by atoms with van der Waals surface area (Å²) in [6, 6.07) is 41.4. The monoisotopic (exact) mass is 702 g/mol. The number of carboxylic acid groups (broad SMARTS) is 1. The molecule has 6 rings (SSSR count). The molecule has 0 amide bonds. The molecule has 0 aliphatic carbocycles. The zero-order valence-corrected chi connectivity index (χ0v) is 27.7. The van der Waals surface area contributed by atoms with Crippen molar-refractivity contribution in [1.82, 2.24) is 0 Å². The van der Waals surface area contributed by atoms with Crippen LogP contribution in [0.4, 0.5) is 0 Å². The first-order valence-electron chi connectivity index (χ1n) is 15.6. The lowest BCUT2D eigenvalue weighted by atomic mass is 9.99. The number of aromatic carboxylic acids is 1. The van der Waals surface area contributed by atoms with Gasteiger partial charge in [-0.3, -0.25) is 5.26 Å². The van der Waals surface area contributed by atoms with E-state index in [9.17, 15) is 18.9 Å². The molecule has 0 bridgehead atoms. The van der Waals surface area contributed by atoms with Crippen LogP contribution in [0.5, 0.6) is 17.2 Å². The standard InChI is InChI=1S/C40H30O10S/c41-39(42)37-20-19-30(28-11-5-2-6-12-28)22-38(37)40(43)48-33-13-8-16-36(24-33)51(45)50-35-15-7-14-34(23-35)49-47-26-32-21-29(17-18-31(32)25-46-44)27-9-3-1-4-10-27/h1-24,44H,25-26H2,(H,41,42). The third-order valence-electron chi connectivity index (χ3n) is 7.67. The van der Waals surface area contributed by atoms with E-state index in [1.165, 1.54) is 42.5 Å². The minimum Gasteiger partial charge on any atom is -0.478 e. The molecule has 51 heavy (non-hydrogen) atoms. The van der Waals surface area contributed by atoms with Gasteiger partial charge in [-0.2, -0.15) is 4.89 Å². The van der Waals surface area contributed by atoms with Crippen LogP contribution in [-0.4, -0.2) is 26.5 Å². The molecule has 1 atom stereocenters. The fraction of sp³-hybridized carbons (Fsp3) is 0.0500. The first kappa shape index (κ1) is 34.7. The number of hydrogen-bond acceptors (Lipinski definition) is 9. The Balaban J connectivity index is 1.10. The molecular formula is C40H30O10S. The van der Waals surface area contributed by atoms with Gasteiger partial charge in [0.15, 0.2) is 5.75 Å². The third kappa shape index (κ3) is 8.93. The van der Waals surface area contributed by atoms with E-state index in [-0.39, 0.29) is 46.5 Å². The van der Waals surface area contributed by atoms with Crippen LogP contribution >= 0.6 is 0 Å². The van der Waals surface area contributed by atoms with Gasteiger partial charge in [-0.05, 0) is 75.8 Å². The Bertz CT molecular complexity index is 2170. The highest BCUT2D eigenvalue weighted by atomic mass is 32.2. The Hall–Kier alpha value is -6.11. The Morgan fingerprint density at radius 1 is 0.569 bits per heavy atom. The van der Waals surface area contributed by atoms with Crippen molar-refractivity contribution in [3.63, 3.8) is 0 Å². The summed E-state index contributed by atoms with van der Waals surface area (Å²) in [6.07, 6.45) is 0. The molecule has 0 saturated heterocycles. The normalized spacial score (nSPS) is 11.4. The van der Waals surface area contributed by atoms with Crippen molar-refractivity contribution in [2.75, 3.05) is 0 Å². The van der Waals surface area contributed by atoms with E-state index in [0.29, 0.717) is 11.1 Å². The first-order valence-corrected chi connectivity index (χ1v) is 16.6. The average molecular weight is 703 g/mol. The van der Waals surface area contributed by atoms with E-state index in [1.807, 2.05) is 78.9 Å². The van der Waals surface area contributed by atoms with Crippen molar-refractivity contribution >= 4 is 23.0 Å². The predicted octanol–water partition coefficient (Wildman–Crippen LogP) is 8.54. The highest BCUT2D eigenvalue weighted by Gasteiger charge is 2.20. The number of carboxylic acids is 1. The zero-order valence-electron chi connectivity index (χ0n) is 26.8. The SMILES string of the molecule is O=C(O)c1ccc(-c2ccccc2)cc1C(=O)Oc1cccc(S(=O)Oc2cccc(OOCc3cc(-c4ccccc4)ccc3COO)c2)c1. The van der Waals surface area contributed by atoms with Gasteiger partial charge in [-0.15, -0.1) is 0 Å². The Morgan fingerprint density at radius 2 is 1.22 bits per heavy atom. The van der Waals surface area contributed by atoms with E-state index in [2.05, 4.69) is 4.89 Å². The number of esters is 1. The van der Waals surface area contributed by atoms with Crippen LogP contribution in [0.2, 0.25) is 0 Å². The second kappa shape index (κ2) is 16.5. The van der Waals surface area contributed by atoms with Crippen molar-refractivity contribution in [2.24, 2.45) is 0 Å². The highest BCUT2D eigenvalue weighted by molar-refractivity contribution is 7.80. The maximum absolute atomic E-state index is 13.2. The van der Waals surface area contributed by atoms with Crippen LogP contribution < -0.4 is 13.8 Å². The van der Waals surface area contributed by atoms with E-state index >= 15 is 0 Å². The minimum absolute atomic E-state index is 0.0336. The van der Waals surface area contributed by atoms with Crippen LogP contribution in [0.25, 0.3) is 22.3 Å². The molecule has 0 saturated carbocycles. The van der Waals surface area contributed by atoms with Gasteiger partial charge in [0, 0.05) is 12.1 Å². The van der Waals surface area contributed by atoms with E-state index in [0.717, 1.165) is 22.3 Å². The molecule has 11 heteroatoms. The summed E-state index contributed by atoms with van der Waals surface area (Å²) in [4.78, 5) is 40.7. The number of carbonyl (C=O) groups is 2. The summed E-state index contributed by atoms with van der Waals surface area (Å²) >= 11 is -2.03. The average Bonchev–Trinajstić information content (AvgIpc) is 3.16. The number of hydrogen-bond donors (Lipinski definition) is 2. The lowest BCUT2D eigenvalue weighted by Gasteiger charge is -2.12. The van der Waals surface area contributed by atoms with Crippen molar-refractivity contribution in [3.05, 3.63) is 168 Å². The van der Waals surface area contributed by atoms with E-state index in [4.69, 9.17) is 24.0 Å². The molecule has 1 unspecified atom stereocenters. The molecule has 0 radical (unpaired) electrons. The number of ether oxygens (including phenoxy) is 1. The Kier molecular flexibility index (Phi) is 11.3. The van der Waals surface area contributed by atoms with Crippen molar-refractivity contribution < 1.29 is 47.7 Å². The van der Waals surface area contributed by atoms with Gasteiger partial charge in [-0.25, -0.2) is 18.7 Å². The molecule has 0 heterocycles. The van der Waals surface area contributed by atoms with Crippen LogP contribution in [0.3, 0.4) is 0 Å². The van der Waals surface area contributed by atoms with Gasteiger partial charge in [0.2, 0.25) is 11.1 Å². The molecule has 10 nitrogen and oxygen atoms in total. The van der Waals surface area contributed by atoms with Gasteiger partial charge >= 0.3 is 11.9 Å². The van der Waals surface area contributed by atoms with Crippen LogP contribution in [-0.2, 0) is 34.1 Å². The summed E-state index contributed by atoms with van der Waals surface area (Å²) in [6.45, 7) is 0.000517. The fourth-order valence-electron chi connectivity index (χ4n) is 5.17. The summed E-state index contributed by atoms with van der Waals surface area (Å²) in [7, 11) is 0. The second-order valence-electron chi connectivity index (χ2n) is 11.1. The number of benzene rings is 6. The van der Waals surface area contributed by atoms with Crippen LogP contribution in [0, 0.1) is 0 Å². The van der Waals surface area contributed by atoms with Crippen LogP contribution in [0.1, 0.15) is 31.8 Å². The first-order chi connectivity index (χ1) is 24.9. The van der Waals surface area contributed by atoms with Crippen molar-refractivity contribution in [2.45, 2.75) is 18.1 Å². The zero-order chi connectivity index (χ0) is 35.6. The van der Waals surface area contributed by atoms with Gasteiger partial charge in [0.1, 0.15) is 24.7 Å². The molecular weight excluding hydrogens is 672 g/mol. The number of rotatable bonds is 14. The maximum Gasteiger partial charge on any atom is 0.344 e. The summed E-state index contributed by atoms with van der Waals surface area (Å²) in [5.41, 5.74) is 4.52. The quantitative estimate of drug-likeness (QED) is 0.0492. The molecule has 2 N–H and O–H groups in total. The van der Waals surface area contributed by atoms with Crippen LogP contribution in [0.15, 0.2) is 150 Å². The fourth-order valence-corrected chi connectivity index (χ4v) is 5.95. The van der Waals surface area contributed by atoms with Crippen molar-refractivity contribution in [1.29, 1.82) is 0 Å². The van der Waals surface area contributed by atoms with Gasteiger partial charge < -0.3 is 18.9 Å². The molecule has 0 aliphatic rings. The summed E-state index contributed by atoms with van der Waals surface area (Å²) < 4.78 is 24.4. The summed E-state index contributed by atoms with van der Waals surface area (Å²) in [5, 5.41) is 18.7. The van der Waals surface area contributed by atoms with Gasteiger partial charge in [-0.1, -0.05) is 91.0 Å². The topological polar surface area (TPSA) is 138 Å². The Morgan fingerprint density at radius 3 is 1.92 bits per heavy atom. The van der Waals surface area contributed by atoms with Gasteiger partial charge in [0.25, 0.3) is 0 Å². The Labute approximate surface area is 295 Å². The van der Waals surface area contributed by atoms with E-state index < -0.39 is 23.0 Å². The molecule has 0 aromatic heterocycles. The lowest BCUT2D eigenvalue weighted by molar-refractivity contribution is -0.253. The molecule has 0 aliphatic heterocycles. The molecule has 6 aromatic carbocycles. The molecule has 0 spiro atoms. The lowest BCUT2D eigenvalue weighted by Crippen LogP contribution is -2.14. The van der Waals surface area contributed by atoms with Crippen molar-refractivity contribution in [3.8, 4) is 39.5 Å². The maximum atomic E-state index is 13.2. The molecule has 0 fully saturated rings. The smallest absolute Gasteiger partial charge is 0.344 e. The van der Waals surface area contributed by atoms with E-state index in [1.54, 1.807) is 24.3 Å². The largest absolute Gasteiger partial charge is 0.478 e. The second-order valence-corrected chi connectivity index (χ2v) is 12.2. The third-order valence-corrected chi connectivity index (χ3v) is 8.65. The summed E-state index contributed by atoms with van der Waals surface area (Å²) in [5.74, 6) is -1.63.